The quantitative estimate of drug-likeness (QED) is 0.699. The van der Waals surface area contributed by atoms with Crippen molar-refractivity contribution in [3.8, 4) is 5.75 Å². The Hall–Kier alpha value is -1.24. The molecular formula is C18H28O. The van der Waals surface area contributed by atoms with E-state index < -0.39 is 0 Å². The average molecular weight is 260 g/mol. The third kappa shape index (κ3) is 3.40. The molecule has 1 nitrogen and oxygen atoms in total. The van der Waals surface area contributed by atoms with E-state index >= 15 is 0 Å². The maximum atomic E-state index is 5.73. The normalized spacial score (nSPS) is 12.4. The highest BCUT2D eigenvalue weighted by Gasteiger charge is 2.27. The summed E-state index contributed by atoms with van der Waals surface area (Å²) in [7, 11) is 1.76. The molecule has 0 bridgehead atoms. The van der Waals surface area contributed by atoms with Gasteiger partial charge in [-0.2, -0.15) is 0 Å². The highest BCUT2D eigenvalue weighted by molar-refractivity contribution is 5.66. The van der Waals surface area contributed by atoms with Crippen LogP contribution in [-0.2, 0) is 10.8 Å². The third-order valence-electron chi connectivity index (χ3n) is 3.40. The van der Waals surface area contributed by atoms with Crippen LogP contribution in [0.4, 0.5) is 0 Å². The second-order valence-corrected chi connectivity index (χ2v) is 7.38. The lowest BCUT2D eigenvalue weighted by atomic mass is 9.78. The van der Waals surface area contributed by atoms with E-state index in [4.69, 9.17) is 4.74 Å². The molecule has 0 heterocycles. The second-order valence-electron chi connectivity index (χ2n) is 7.38. The van der Waals surface area contributed by atoms with Gasteiger partial charge in [-0.25, -0.2) is 0 Å². The molecule has 0 aliphatic carbocycles. The first-order valence-electron chi connectivity index (χ1n) is 6.87. The molecule has 0 unspecified atom stereocenters. The van der Waals surface area contributed by atoms with Gasteiger partial charge in [0.1, 0.15) is 5.75 Å². The standard InChI is InChI=1S/C18H28O/c1-12(2)13-10-14(17(3,4)5)16(19-9)15(11-13)18(6,7)8/h10-11H,1H2,2-9H3. The van der Waals surface area contributed by atoms with Crippen LogP contribution in [0.1, 0.15) is 65.2 Å². The molecule has 0 amide bonds. The molecule has 0 N–H and O–H groups in total. The van der Waals surface area contributed by atoms with Gasteiger partial charge < -0.3 is 4.74 Å². The van der Waals surface area contributed by atoms with Crippen LogP contribution >= 0.6 is 0 Å². The van der Waals surface area contributed by atoms with Crippen LogP contribution in [0.25, 0.3) is 5.57 Å². The van der Waals surface area contributed by atoms with E-state index in [9.17, 15) is 0 Å². The maximum Gasteiger partial charge on any atom is 0.126 e. The Bertz CT molecular complexity index is 446. The Morgan fingerprint density at radius 3 is 1.53 bits per heavy atom. The van der Waals surface area contributed by atoms with Crippen molar-refractivity contribution < 1.29 is 4.74 Å². The smallest absolute Gasteiger partial charge is 0.126 e. The molecule has 1 rings (SSSR count). The predicted molar refractivity (Wildman–Crippen MR) is 85.1 cm³/mol. The van der Waals surface area contributed by atoms with Crippen LogP contribution in [0.5, 0.6) is 5.75 Å². The number of methoxy groups -OCH3 is 1. The number of benzene rings is 1. The van der Waals surface area contributed by atoms with E-state index in [1.165, 1.54) is 16.7 Å². The molecule has 0 spiro atoms. The van der Waals surface area contributed by atoms with Crippen molar-refractivity contribution in [1.82, 2.24) is 0 Å². The number of allylic oxidation sites excluding steroid dienone is 1. The van der Waals surface area contributed by atoms with E-state index in [1.807, 2.05) is 0 Å². The molecule has 0 saturated heterocycles. The molecule has 0 radical (unpaired) electrons. The molecule has 1 aromatic carbocycles. The molecule has 1 aromatic rings. The summed E-state index contributed by atoms with van der Waals surface area (Å²) in [5, 5.41) is 0. The number of hydrogen-bond donors (Lipinski definition) is 0. The van der Waals surface area contributed by atoms with Crippen LogP contribution < -0.4 is 4.74 Å². The van der Waals surface area contributed by atoms with Crippen molar-refractivity contribution >= 4 is 5.57 Å². The Morgan fingerprint density at radius 2 is 1.32 bits per heavy atom. The Kier molecular flexibility index (Phi) is 4.19. The lowest BCUT2D eigenvalue weighted by Crippen LogP contribution is -2.19. The summed E-state index contributed by atoms with van der Waals surface area (Å²) in [6.45, 7) is 19.5. The summed E-state index contributed by atoms with van der Waals surface area (Å²) < 4.78 is 5.73. The molecule has 0 atom stereocenters. The molecule has 0 aromatic heterocycles. The largest absolute Gasteiger partial charge is 0.496 e. The maximum absolute atomic E-state index is 5.73. The zero-order chi connectivity index (χ0) is 15.0. The Morgan fingerprint density at radius 1 is 0.947 bits per heavy atom. The van der Waals surface area contributed by atoms with Gasteiger partial charge in [0.15, 0.2) is 0 Å². The van der Waals surface area contributed by atoms with Gasteiger partial charge in [-0.05, 0) is 35.4 Å². The summed E-state index contributed by atoms with van der Waals surface area (Å²) in [5.41, 5.74) is 4.91. The van der Waals surface area contributed by atoms with E-state index in [1.54, 1.807) is 7.11 Å². The van der Waals surface area contributed by atoms with Crippen molar-refractivity contribution in [2.45, 2.75) is 59.3 Å². The predicted octanol–water partition coefficient (Wildman–Crippen LogP) is 5.32. The summed E-state index contributed by atoms with van der Waals surface area (Å²) >= 11 is 0. The highest BCUT2D eigenvalue weighted by Crippen LogP contribution is 2.41. The zero-order valence-electron chi connectivity index (χ0n) is 13.8. The van der Waals surface area contributed by atoms with Crippen molar-refractivity contribution in [1.29, 1.82) is 0 Å². The minimum atomic E-state index is 0.0524. The van der Waals surface area contributed by atoms with Crippen LogP contribution in [0, 0.1) is 0 Å². The van der Waals surface area contributed by atoms with E-state index in [-0.39, 0.29) is 10.8 Å². The van der Waals surface area contributed by atoms with Crippen LogP contribution in [0.15, 0.2) is 18.7 Å². The highest BCUT2D eigenvalue weighted by atomic mass is 16.5. The number of ether oxygens (including phenoxy) is 1. The topological polar surface area (TPSA) is 9.23 Å². The van der Waals surface area contributed by atoms with Gasteiger partial charge >= 0.3 is 0 Å². The number of rotatable bonds is 2. The lowest BCUT2D eigenvalue weighted by Gasteiger charge is -2.30. The fourth-order valence-electron chi connectivity index (χ4n) is 2.21. The summed E-state index contributed by atoms with van der Waals surface area (Å²) in [6.07, 6.45) is 0. The molecule has 0 saturated carbocycles. The fraction of sp³-hybridized carbons (Fsp3) is 0.556. The zero-order valence-corrected chi connectivity index (χ0v) is 13.8. The SMILES string of the molecule is C=C(C)c1cc(C(C)(C)C)c(OC)c(C(C)(C)C)c1. The lowest BCUT2D eigenvalue weighted by molar-refractivity contribution is 0.381. The summed E-state index contributed by atoms with van der Waals surface area (Å²) in [4.78, 5) is 0. The van der Waals surface area contributed by atoms with Gasteiger partial charge in [0.2, 0.25) is 0 Å². The van der Waals surface area contributed by atoms with Crippen molar-refractivity contribution in [3.63, 3.8) is 0 Å². The molecule has 106 valence electrons. The van der Waals surface area contributed by atoms with E-state index in [0.717, 1.165) is 11.3 Å². The minimum absolute atomic E-state index is 0.0524. The first-order chi connectivity index (χ1) is 8.48. The van der Waals surface area contributed by atoms with Gasteiger partial charge in [0.25, 0.3) is 0 Å². The molecular weight excluding hydrogens is 232 g/mol. The third-order valence-corrected chi connectivity index (χ3v) is 3.40. The van der Waals surface area contributed by atoms with Crippen molar-refractivity contribution in [2.75, 3.05) is 7.11 Å². The Balaban J connectivity index is 3.72. The van der Waals surface area contributed by atoms with Crippen molar-refractivity contribution in [3.05, 3.63) is 35.4 Å². The van der Waals surface area contributed by atoms with Gasteiger partial charge in [-0.3, -0.25) is 0 Å². The molecule has 0 fully saturated rings. The summed E-state index contributed by atoms with van der Waals surface area (Å²) in [6, 6.07) is 4.44. The van der Waals surface area contributed by atoms with Crippen molar-refractivity contribution in [2.24, 2.45) is 0 Å². The first kappa shape index (κ1) is 15.8. The van der Waals surface area contributed by atoms with Gasteiger partial charge in [0.05, 0.1) is 7.11 Å². The van der Waals surface area contributed by atoms with Gasteiger partial charge in [-0.15, -0.1) is 0 Å². The fourth-order valence-corrected chi connectivity index (χ4v) is 2.21. The molecule has 0 aliphatic rings. The Labute approximate surface area is 118 Å². The molecule has 1 heteroatoms. The number of hydrogen-bond acceptors (Lipinski definition) is 1. The van der Waals surface area contributed by atoms with Gasteiger partial charge in [0, 0.05) is 11.1 Å². The molecule has 0 aliphatic heterocycles. The molecule has 19 heavy (non-hydrogen) atoms. The van der Waals surface area contributed by atoms with E-state index in [2.05, 4.69) is 67.2 Å². The van der Waals surface area contributed by atoms with E-state index in [0.29, 0.717) is 0 Å². The van der Waals surface area contributed by atoms with Crippen LogP contribution in [-0.4, -0.2) is 7.11 Å². The first-order valence-corrected chi connectivity index (χ1v) is 6.87. The average Bonchev–Trinajstić information content (AvgIpc) is 2.24. The minimum Gasteiger partial charge on any atom is -0.496 e. The summed E-state index contributed by atoms with van der Waals surface area (Å²) in [5.74, 6) is 1.02. The van der Waals surface area contributed by atoms with Crippen LogP contribution in [0.3, 0.4) is 0 Å². The van der Waals surface area contributed by atoms with Gasteiger partial charge in [-0.1, -0.05) is 53.7 Å². The van der Waals surface area contributed by atoms with Crippen LogP contribution in [0.2, 0.25) is 0 Å². The monoisotopic (exact) mass is 260 g/mol. The second kappa shape index (κ2) is 5.03.